The molecule has 0 fully saturated rings. The van der Waals surface area contributed by atoms with Crippen molar-refractivity contribution in [3.05, 3.63) is 64.8 Å². The van der Waals surface area contributed by atoms with Gasteiger partial charge in [0.05, 0.1) is 21.8 Å². The zero-order valence-electron chi connectivity index (χ0n) is 12.2. The van der Waals surface area contributed by atoms with Gasteiger partial charge in [-0.3, -0.25) is 0 Å². The molecule has 2 N–H and O–H groups in total. The molecule has 0 radical (unpaired) electrons. The monoisotopic (exact) mass is 347 g/mol. The minimum absolute atomic E-state index is 0.156. The lowest BCUT2D eigenvalue weighted by Crippen LogP contribution is -2.18. The van der Waals surface area contributed by atoms with E-state index in [0.29, 0.717) is 10.7 Å². The van der Waals surface area contributed by atoms with Gasteiger partial charge in [0.25, 0.3) is 10.0 Å². The van der Waals surface area contributed by atoms with Crippen molar-refractivity contribution in [3.63, 3.8) is 0 Å². The van der Waals surface area contributed by atoms with Crippen molar-refractivity contribution in [3.8, 4) is 0 Å². The van der Waals surface area contributed by atoms with Crippen LogP contribution in [0.1, 0.15) is 11.3 Å². The highest BCUT2D eigenvalue weighted by atomic mass is 35.5. The van der Waals surface area contributed by atoms with Crippen molar-refractivity contribution < 1.29 is 8.42 Å². The van der Waals surface area contributed by atoms with Crippen LogP contribution in [0.4, 0.5) is 0 Å². The number of benzene rings is 2. The summed E-state index contributed by atoms with van der Waals surface area (Å²) in [6, 6.07) is 14.0. The molecule has 0 bridgehead atoms. The summed E-state index contributed by atoms with van der Waals surface area (Å²) in [7, 11) is -3.69. The summed E-state index contributed by atoms with van der Waals surface area (Å²) in [5, 5.41) is 5.15. The van der Waals surface area contributed by atoms with Crippen molar-refractivity contribution in [2.24, 2.45) is 5.10 Å². The number of nitrogens with zero attached hydrogens (tertiary/aromatic N) is 1. The molecule has 23 heavy (non-hydrogen) atoms. The van der Waals surface area contributed by atoms with E-state index >= 15 is 0 Å². The molecule has 0 aliphatic heterocycles. The van der Waals surface area contributed by atoms with Crippen molar-refractivity contribution in [1.29, 1.82) is 0 Å². The number of aromatic nitrogens is 1. The molecule has 0 saturated carbocycles. The number of halogens is 1. The number of nitrogens with one attached hydrogen (secondary N) is 2. The first-order valence-electron chi connectivity index (χ1n) is 6.85. The van der Waals surface area contributed by atoms with Gasteiger partial charge in [0.15, 0.2) is 0 Å². The Morgan fingerprint density at radius 1 is 1.13 bits per heavy atom. The molecule has 3 aromatic rings. The van der Waals surface area contributed by atoms with Crippen LogP contribution in [-0.4, -0.2) is 19.6 Å². The van der Waals surface area contributed by atoms with Crippen LogP contribution in [0.5, 0.6) is 0 Å². The van der Waals surface area contributed by atoms with E-state index in [-0.39, 0.29) is 4.90 Å². The molecule has 0 saturated heterocycles. The Bertz CT molecular complexity index is 976. The maximum Gasteiger partial charge on any atom is 0.276 e. The van der Waals surface area contributed by atoms with Gasteiger partial charge < -0.3 is 4.98 Å². The molecule has 7 heteroatoms. The highest BCUT2D eigenvalue weighted by Gasteiger charge is 2.12. The van der Waals surface area contributed by atoms with Gasteiger partial charge in [-0.15, -0.1) is 0 Å². The zero-order chi connectivity index (χ0) is 16.4. The topological polar surface area (TPSA) is 74.3 Å². The predicted octanol–water partition coefficient (Wildman–Crippen LogP) is 3.44. The third-order valence-electron chi connectivity index (χ3n) is 3.37. The summed E-state index contributed by atoms with van der Waals surface area (Å²) in [6.45, 7) is 1.89. The number of H-pyrrole nitrogens is 1. The molecule has 0 atom stereocenters. The van der Waals surface area contributed by atoms with Gasteiger partial charge in [0.1, 0.15) is 0 Å². The van der Waals surface area contributed by atoms with Crippen molar-refractivity contribution in [2.75, 3.05) is 0 Å². The number of para-hydroxylation sites is 1. The molecule has 3 rings (SSSR count). The average molecular weight is 348 g/mol. The van der Waals surface area contributed by atoms with E-state index in [1.807, 2.05) is 31.2 Å². The van der Waals surface area contributed by atoms with Gasteiger partial charge in [0, 0.05) is 10.9 Å². The van der Waals surface area contributed by atoms with Crippen molar-refractivity contribution in [1.82, 2.24) is 9.82 Å². The summed E-state index contributed by atoms with van der Waals surface area (Å²) in [6.07, 6.45) is 1.36. The van der Waals surface area contributed by atoms with Gasteiger partial charge in [-0.25, -0.2) is 4.83 Å². The average Bonchev–Trinajstić information content (AvgIpc) is 2.84. The minimum Gasteiger partial charge on any atom is -0.352 e. The van der Waals surface area contributed by atoms with Crippen LogP contribution in [-0.2, 0) is 10.0 Å². The number of rotatable bonds is 4. The quantitative estimate of drug-likeness (QED) is 0.560. The van der Waals surface area contributed by atoms with Crippen molar-refractivity contribution >= 4 is 38.7 Å². The van der Waals surface area contributed by atoms with E-state index in [4.69, 9.17) is 11.6 Å². The van der Waals surface area contributed by atoms with E-state index in [2.05, 4.69) is 14.9 Å². The lowest BCUT2D eigenvalue weighted by molar-refractivity contribution is 0.584. The van der Waals surface area contributed by atoms with E-state index in [0.717, 1.165) is 16.5 Å². The number of hydrazone groups is 1. The fourth-order valence-corrected chi connectivity index (χ4v) is 3.20. The SMILES string of the molecule is Cc1ccc(S(=O)(=O)N/N=C\c2[nH]c3ccccc3c2Cl)cc1. The molecular formula is C16H14ClN3O2S. The fourth-order valence-electron chi connectivity index (χ4n) is 2.15. The number of hydrogen-bond acceptors (Lipinski definition) is 3. The maximum atomic E-state index is 12.1. The highest BCUT2D eigenvalue weighted by molar-refractivity contribution is 7.89. The molecule has 5 nitrogen and oxygen atoms in total. The molecule has 0 aliphatic carbocycles. The van der Waals surface area contributed by atoms with Crippen LogP contribution in [0.2, 0.25) is 5.02 Å². The van der Waals surface area contributed by atoms with Crippen LogP contribution in [0, 0.1) is 6.92 Å². The summed E-state index contributed by atoms with van der Waals surface area (Å²) < 4.78 is 24.2. The Morgan fingerprint density at radius 3 is 2.52 bits per heavy atom. The van der Waals surface area contributed by atoms with E-state index in [1.165, 1.54) is 18.3 Å². The second-order valence-corrected chi connectivity index (χ2v) is 7.10. The van der Waals surface area contributed by atoms with Gasteiger partial charge in [-0.2, -0.15) is 13.5 Å². The fraction of sp³-hybridized carbons (Fsp3) is 0.0625. The maximum absolute atomic E-state index is 12.1. The summed E-state index contributed by atoms with van der Waals surface area (Å²) in [4.78, 5) is 5.41. The molecule has 1 heterocycles. The highest BCUT2D eigenvalue weighted by Crippen LogP contribution is 2.25. The number of aromatic amines is 1. The number of sulfonamides is 1. The Balaban J connectivity index is 1.82. The first kappa shape index (κ1) is 15.6. The molecular weight excluding hydrogens is 334 g/mol. The van der Waals surface area contributed by atoms with Crippen LogP contribution >= 0.6 is 11.6 Å². The molecule has 2 aromatic carbocycles. The summed E-state index contributed by atoms with van der Waals surface area (Å²) in [5.74, 6) is 0. The molecule has 0 unspecified atom stereocenters. The normalized spacial score (nSPS) is 12.1. The van der Waals surface area contributed by atoms with Crippen LogP contribution in [0.15, 0.2) is 58.5 Å². The second kappa shape index (κ2) is 6.06. The number of hydrogen-bond donors (Lipinski definition) is 2. The summed E-state index contributed by atoms with van der Waals surface area (Å²) in [5.41, 5.74) is 2.39. The minimum atomic E-state index is -3.69. The van der Waals surface area contributed by atoms with E-state index in [1.54, 1.807) is 12.1 Å². The Morgan fingerprint density at radius 2 is 1.83 bits per heavy atom. The molecule has 0 spiro atoms. The standard InChI is InChI=1S/C16H14ClN3O2S/c1-11-6-8-12(9-7-11)23(21,22)20-18-10-15-16(17)13-4-2-3-5-14(13)19-15/h2-10,19-20H,1H3/b18-10-. The smallest absolute Gasteiger partial charge is 0.276 e. The molecule has 0 aliphatic rings. The number of aryl methyl sites for hydroxylation is 1. The van der Waals surface area contributed by atoms with E-state index in [9.17, 15) is 8.42 Å². The van der Waals surface area contributed by atoms with E-state index < -0.39 is 10.0 Å². The Labute approximate surface area is 139 Å². The van der Waals surface area contributed by atoms with Crippen LogP contribution in [0.3, 0.4) is 0 Å². The zero-order valence-corrected chi connectivity index (χ0v) is 13.8. The lowest BCUT2D eigenvalue weighted by Gasteiger charge is -2.03. The van der Waals surface area contributed by atoms with Crippen molar-refractivity contribution in [2.45, 2.75) is 11.8 Å². The number of fused-ring (bicyclic) bond motifs is 1. The largest absolute Gasteiger partial charge is 0.352 e. The first-order valence-corrected chi connectivity index (χ1v) is 8.71. The van der Waals surface area contributed by atoms with Crippen LogP contribution < -0.4 is 4.83 Å². The predicted molar refractivity (Wildman–Crippen MR) is 92.4 cm³/mol. The molecule has 118 valence electrons. The summed E-state index contributed by atoms with van der Waals surface area (Å²) >= 11 is 6.24. The van der Waals surface area contributed by atoms with Gasteiger partial charge >= 0.3 is 0 Å². The lowest BCUT2D eigenvalue weighted by atomic mass is 10.2. The Kier molecular flexibility index (Phi) is 4.11. The van der Waals surface area contributed by atoms with Gasteiger partial charge in [0.2, 0.25) is 0 Å². The molecule has 0 amide bonds. The van der Waals surface area contributed by atoms with Gasteiger partial charge in [-0.05, 0) is 25.1 Å². The van der Waals surface area contributed by atoms with Crippen LogP contribution in [0.25, 0.3) is 10.9 Å². The van der Waals surface area contributed by atoms with Gasteiger partial charge in [-0.1, -0.05) is 47.5 Å². The second-order valence-electron chi connectivity index (χ2n) is 5.06. The molecule has 1 aromatic heterocycles. The third-order valence-corrected chi connectivity index (χ3v) is 5.01. The Hall–Kier alpha value is -2.31. The third kappa shape index (κ3) is 3.23. The first-order chi connectivity index (χ1) is 11.0.